The first kappa shape index (κ1) is 14.1. The highest BCUT2D eigenvalue weighted by Crippen LogP contribution is 2.21. The average Bonchev–Trinajstić information content (AvgIpc) is 2.91. The molecule has 0 amide bonds. The number of aromatic amines is 1. The van der Waals surface area contributed by atoms with Crippen LogP contribution >= 0.6 is 0 Å². The van der Waals surface area contributed by atoms with Crippen LogP contribution in [0.4, 0.5) is 11.5 Å². The molecule has 2 rings (SSSR count). The van der Waals surface area contributed by atoms with Crippen LogP contribution in [0.25, 0.3) is 0 Å². The molecule has 2 aromatic rings. The molecule has 0 fully saturated rings. The molecule has 108 valence electrons. The number of rotatable bonds is 7. The summed E-state index contributed by atoms with van der Waals surface area (Å²) in [5.74, 6) is 2.12. The lowest BCUT2D eigenvalue weighted by Crippen LogP contribution is -2.11. The number of nitrogen functional groups attached to an aromatic ring is 1. The minimum Gasteiger partial charge on any atom is -0.473 e. The quantitative estimate of drug-likeness (QED) is 0.664. The zero-order valence-corrected chi connectivity index (χ0v) is 11.8. The molecule has 0 atom stereocenters. The molecule has 0 aliphatic carbocycles. The Hall–Kier alpha value is -2.31. The van der Waals surface area contributed by atoms with Crippen LogP contribution in [0.15, 0.2) is 18.5 Å². The molecule has 0 spiro atoms. The van der Waals surface area contributed by atoms with Crippen molar-refractivity contribution < 1.29 is 4.74 Å². The van der Waals surface area contributed by atoms with Gasteiger partial charge in [-0.3, -0.25) is 5.10 Å². The number of nitrogens with zero attached hydrogens (tertiary/aromatic N) is 3. The molecule has 0 aliphatic heterocycles. The van der Waals surface area contributed by atoms with Gasteiger partial charge in [0.15, 0.2) is 0 Å². The van der Waals surface area contributed by atoms with E-state index in [2.05, 4.69) is 25.5 Å². The van der Waals surface area contributed by atoms with Crippen LogP contribution in [-0.2, 0) is 6.42 Å². The third-order valence-electron chi connectivity index (χ3n) is 2.60. The summed E-state index contributed by atoms with van der Waals surface area (Å²) in [5.41, 5.74) is 6.37. The zero-order valence-electron chi connectivity index (χ0n) is 11.8. The van der Waals surface area contributed by atoms with Crippen molar-refractivity contribution in [3.8, 4) is 5.88 Å². The molecule has 0 saturated carbocycles. The van der Waals surface area contributed by atoms with Crippen LogP contribution in [0.3, 0.4) is 0 Å². The van der Waals surface area contributed by atoms with Gasteiger partial charge in [-0.25, -0.2) is 4.98 Å². The third kappa shape index (κ3) is 4.11. The maximum absolute atomic E-state index is 5.82. The maximum atomic E-state index is 5.82. The van der Waals surface area contributed by atoms with E-state index in [0.717, 1.165) is 31.0 Å². The van der Waals surface area contributed by atoms with Crippen LogP contribution in [0.5, 0.6) is 5.88 Å². The molecule has 7 nitrogen and oxygen atoms in total. The molecule has 0 saturated heterocycles. The standard InChI is InChI=1S/C13H20N6O/c1-9(2)20-13-10(14)5-6-11(18-13)15-7-3-4-12-16-8-17-19-12/h5-6,8-9H,3-4,7,14H2,1-2H3,(H,15,18)(H,16,17,19). The van der Waals surface area contributed by atoms with Crippen molar-refractivity contribution in [2.24, 2.45) is 0 Å². The fourth-order valence-corrected chi connectivity index (χ4v) is 1.69. The van der Waals surface area contributed by atoms with Gasteiger partial charge in [0.1, 0.15) is 18.0 Å². The summed E-state index contributed by atoms with van der Waals surface area (Å²) in [6, 6.07) is 3.64. The van der Waals surface area contributed by atoms with Crippen molar-refractivity contribution in [2.75, 3.05) is 17.6 Å². The predicted octanol–water partition coefficient (Wildman–Crippen LogP) is 1.61. The van der Waals surface area contributed by atoms with E-state index in [-0.39, 0.29) is 6.10 Å². The molecule has 2 aromatic heterocycles. The van der Waals surface area contributed by atoms with Crippen molar-refractivity contribution in [3.63, 3.8) is 0 Å². The second-order valence-electron chi connectivity index (χ2n) is 4.72. The molecule has 2 heterocycles. The summed E-state index contributed by atoms with van der Waals surface area (Å²) >= 11 is 0. The molecule has 0 unspecified atom stereocenters. The normalized spacial score (nSPS) is 10.8. The van der Waals surface area contributed by atoms with Crippen LogP contribution in [0, 0.1) is 0 Å². The number of nitrogens with two attached hydrogens (primary N) is 1. The van der Waals surface area contributed by atoms with Crippen molar-refractivity contribution in [3.05, 3.63) is 24.3 Å². The summed E-state index contributed by atoms with van der Waals surface area (Å²) in [5, 5.41) is 9.88. The smallest absolute Gasteiger partial charge is 0.239 e. The minimum atomic E-state index is 0.0477. The first-order valence-corrected chi connectivity index (χ1v) is 6.66. The monoisotopic (exact) mass is 276 g/mol. The lowest BCUT2D eigenvalue weighted by atomic mass is 10.3. The second-order valence-corrected chi connectivity index (χ2v) is 4.72. The van der Waals surface area contributed by atoms with E-state index >= 15 is 0 Å². The largest absolute Gasteiger partial charge is 0.473 e. The number of hydrogen-bond donors (Lipinski definition) is 3. The van der Waals surface area contributed by atoms with Gasteiger partial charge in [0.25, 0.3) is 0 Å². The predicted molar refractivity (Wildman–Crippen MR) is 77.6 cm³/mol. The van der Waals surface area contributed by atoms with Gasteiger partial charge in [-0.1, -0.05) is 0 Å². The van der Waals surface area contributed by atoms with Gasteiger partial charge < -0.3 is 15.8 Å². The number of nitrogens with one attached hydrogen (secondary N) is 2. The topological polar surface area (TPSA) is 102 Å². The van der Waals surface area contributed by atoms with Gasteiger partial charge in [-0.05, 0) is 32.4 Å². The highest BCUT2D eigenvalue weighted by atomic mass is 16.5. The molecule has 7 heteroatoms. The van der Waals surface area contributed by atoms with Gasteiger partial charge in [0, 0.05) is 13.0 Å². The van der Waals surface area contributed by atoms with Crippen molar-refractivity contribution in [1.29, 1.82) is 0 Å². The molecule has 20 heavy (non-hydrogen) atoms. The van der Waals surface area contributed by atoms with Crippen molar-refractivity contribution in [2.45, 2.75) is 32.8 Å². The number of anilines is 2. The summed E-state index contributed by atoms with van der Waals surface area (Å²) in [6.45, 7) is 4.68. The number of hydrogen-bond acceptors (Lipinski definition) is 6. The molecule has 0 radical (unpaired) electrons. The van der Waals surface area contributed by atoms with Crippen LogP contribution < -0.4 is 15.8 Å². The summed E-state index contributed by atoms with van der Waals surface area (Å²) in [7, 11) is 0. The number of aryl methyl sites for hydroxylation is 1. The van der Waals surface area contributed by atoms with Crippen molar-refractivity contribution in [1.82, 2.24) is 20.2 Å². The zero-order chi connectivity index (χ0) is 14.4. The molecular formula is C13H20N6O. The molecule has 0 aliphatic rings. The third-order valence-corrected chi connectivity index (χ3v) is 2.60. The van der Waals surface area contributed by atoms with E-state index in [0.29, 0.717) is 11.6 Å². The van der Waals surface area contributed by atoms with Crippen LogP contribution in [0.1, 0.15) is 26.1 Å². The van der Waals surface area contributed by atoms with E-state index in [1.54, 1.807) is 6.07 Å². The Morgan fingerprint density at radius 2 is 2.25 bits per heavy atom. The Morgan fingerprint density at radius 1 is 1.40 bits per heavy atom. The van der Waals surface area contributed by atoms with Gasteiger partial charge in [0.2, 0.25) is 5.88 Å². The van der Waals surface area contributed by atoms with Crippen LogP contribution in [-0.4, -0.2) is 32.8 Å². The van der Waals surface area contributed by atoms with E-state index < -0.39 is 0 Å². The highest BCUT2D eigenvalue weighted by molar-refractivity contribution is 5.53. The average molecular weight is 276 g/mol. The Bertz CT molecular complexity index is 526. The van der Waals surface area contributed by atoms with Gasteiger partial charge in [0.05, 0.1) is 11.8 Å². The fraction of sp³-hybridized carbons (Fsp3) is 0.462. The summed E-state index contributed by atoms with van der Waals surface area (Å²) < 4.78 is 5.55. The van der Waals surface area contributed by atoms with E-state index in [1.165, 1.54) is 6.33 Å². The Morgan fingerprint density at radius 3 is 2.95 bits per heavy atom. The molecule has 4 N–H and O–H groups in total. The first-order valence-electron chi connectivity index (χ1n) is 6.66. The molecular weight excluding hydrogens is 256 g/mol. The minimum absolute atomic E-state index is 0.0477. The fourth-order valence-electron chi connectivity index (χ4n) is 1.69. The van der Waals surface area contributed by atoms with E-state index in [4.69, 9.17) is 10.5 Å². The number of pyridine rings is 1. The SMILES string of the molecule is CC(C)Oc1nc(NCCCc2ncn[nH]2)ccc1N. The Labute approximate surface area is 118 Å². The molecule has 0 aromatic carbocycles. The van der Waals surface area contributed by atoms with Gasteiger partial charge in [-0.2, -0.15) is 10.1 Å². The maximum Gasteiger partial charge on any atom is 0.239 e. The Balaban J connectivity index is 1.83. The number of aromatic nitrogens is 4. The van der Waals surface area contributed by atoms with E-state index in [9.17, 15) is 0 Å². The number of ether oxygens (including phenoxy) is 1. The van der Waals surface area contributed by atoms with Gasteiger partial charge >= 0.3 is 0 Å². The number of H-pyrrole nitrogens is 1. The van der Waals surface area contributed by atoms with Gasteiger partial charge in [-0.15, -0.1) is 0 Å². The van der Waals surface area contributed by atoms with E-state index in [1.807, 2.05) is 19.9 Å². The highest BCUT2D eigenvalue weighted by Gasteiger charge is 2.06. The summed E-state index contributed by atoms with van der Waals surface area (Å²) in [6.07, 6.45) is 3.34. The Kier molecular flexibility index (Phi) is 4.75. The lowest BCUT2D eigenvalue weighted by Gasteiger charge is -2.12. The molecule has 0 bridgehead atoms. The van der Waals surface area contributed by atoms with Crippen LogP contribution in [0.2, 0.25) is 0 Å². The summed E-state index contributed by atoms with van der Waals surface area (Å²) in [4.78, 5) is 8.43. The lowest BCUT2D eigenvalue weighted by molar-refractivity contribution is 0.234. The van der Waals surface area contributed by atoms with Crippen molar-refractivity contribution >= 4 is 11.5 Å². The first-order chi connectivity index (χ1) is 9.65. The second kappa shape index (κ2) is 6.74.